The molecular formula is C15H23Cl2NO. The summed E-state index contributed by atoms with van der Waals surface area (Å²) >= 11 is 6.32. The van der Waals surface area contributed by atoms with Gasteiger partial charge in [0.25, 0.3) is 0 Å². The van der Waals surface area contributed by atoms with Gasteiger partial charge in [0.2, 0.25) is 0 Å². The maximum absolute atomic E-state index is 6.32. The zero-order chi connectivity index (χ0) is 13.3. The first kappa shape index (κ1) is 16.6. The third-order valence-electron chi connectivity index (χ3n) is 3.47. The van der Waals surface area contributed by atoms with Crippen molar-refractivity contribution in [2.75, 3.05) is 6.61 Å². The largest absolute Gasteiger partial charge is 0.493 e. The van der Waals surface area contributed by atoms with Crippen LogP contribution in [0.1, 0.15) is 36.5 Å². The number of hydrogen-bond donors (Lipinski definition) is 1. The summed E-state index contributed by atoms with van der Waals surface area (Å²) in [5.41, 5.74) is 9.28. The van der Waals surface area contributed by atoms with Crippen LogP contribution in [-0.4, -0.2) is 12.6 Å². The van der Waals surface area contributed by atoms with Crippen molar-refractivity contribution in [1.82, 2.24) is 0 Å². The number of rotatable bonds is 5. The molecule has 0 radical (unpaired) electrons. The molecule has 1 aromatic carbocycles. The normalized spacial score (nSPS) is 15.8. The summed E-state index contributed by atoms with van der Waals surface area (Å²) in [7, 11) is 0. The second kappa shape index (κ2) is 6.83. The predicted octanol–water partition coefficient (Wildman–Crippen LogP) is 4.06. The first-order chi connectivity index (χ1) is 8.49. The second-order valence-electron chi connectivity index (χ2n) is 5.54. The van der Waals surface area contributed by atoms with Gasteiger partial charge in [-0.3, -0.25) is 0 Å². The molecule has 1 aromatic rings. The van der Waals surface area contributed by atoms with Crippen LogP contribution < -0.4 is 10.5 Å². The minimum Gasteiger partial charge on any atom is -0.493 e. The lowest BCUT2D eigenvalue weighted by atomic mass is 9.98. The molecule has 0 aromatic heterocycles. The molecule has 1 atom stereocenters. The van der Waals surface area contributed by atoms with Crippen LogP contribution in [0.15, 0.2) is 6.07 Å². The van der Waals surface area contributed by atoms with Crippen molar-refractivity contribution in [3.05, 3.63) is 27.8 Å². The molecule has 0 heterocycles. The molecule has 0 aliphatic heterocycles. The van der Waals surface area contributed by atoms with Crippen LogP contribution in [-0.2, 0) is 6.42 Å². The molecule has 0 saturated heterocycles. The SMILES string of the molecule is Cc1cc(OCC2CC2)c(CC(C)N)c(C)c1Cl.Cl. The lowest BCUT2D eigenvalue weighted by Crippen LogP contribution is -2.19. The van der Waals surface area contributed by atoms with Gasteiger partial charge in [0.1, 0.15) is 5.75 Å². The van der Waals surface area contributed by atoms with E-state index >= 15 is 0 Å². The Hall–Kier alpha value is -0.440. The maximum Gasteiger partial charge on any atom is 0.123 e. The van der Waals surface area contributed by atoms with Crippen LogP contribution in [0.3, 0.4) is 0 Å². The van der Waals surface area contributed by atoms with Gasteiger partial charge in [-0.1, -0.05) is 11.6 Å². The van der Waals surface area contributed by atoms with Gasteiger partial charge in [-0.05, 0) is 63.1 Å². The van der Waals surface area contributed by atoms with Gasteiger partial charge in [-0.25, -0.2) is 0 Å². The number of hydrogen-bond acceptors (Lipinski definition) is 2. The highest BCUT2D eigenvalue weighted by atomic mass is 35.5. The van der Waals surface area contributed by atoms with Crippen LogP contribution in [0, 0.1) is 19.8 Å². The predicted molar refractivity (Wildman–Crippen MR) is 83.7 cm³/mol. The van der Waals surface area contributed by atoms with E-state index < -0.39 is 0 Å². The Labute approximate surface area is 127 Å². The third-order valence-corrected chi connectivity index (χ3v) is 4.05. The van der Waals surface area contributed by atoms with Gasteiger partial charge in [0, 0.05) is 16.6 Å². The van der Waals surface area contributed by atoms with E-state index in [9.17, 15) is 0 Å². The molecule has 1 unspecified atom stereocenters. The smallest absolute Gasteiger partial charge is 0.123 e. The van der Waals surface area contributed by atoms with E-state index in [2.05, 4.69) is 13.0 Å². The Morgan fingerprint density at radius 1 is 1.42 bits per heavy atom. The van der Waals surface area contributed by atoms with Crippen LogP contribution in [0.4, 0.5) is 0 Å². The van der Waals surface area contributed by atoms with Crippen molar-refractivity contribution in [2.45, 2.75) is 46.1 Å². The summed E-state index contributed by atoms with van der Waals surface area (Å²) in [4.78, 5) is 0. The fourth-order valence-corrected chi connectivity index (χ4v) is 2.33. The molecule has 4 heteroatoms. The summed E-state index contributed by atoms with van der Waals surface area (Å²) in [6.07, 6.45) is 3.41. The summed E-state index contributed by atoms with van der Waals surface area (Å²) in [5, 5.41) is 0.837. The zero-order valence-electron chi connectivity index (χ0n) is 11.8. The maximum atomic E-state index is 6.32. The second-order valence-corrected chi connectivity index (χ2v) is 5.92. The van der Waals surface area contributed by atoms with Crippen molar-refractivity contribution in [1.29, 1.82) is 0 Å². The van der Waals surface area contributed by atoms with E-state index in [-0.39, 0.29) is 18.4 Å². The molecule has 2 N–H and O–H groups in total. The first-order valence-corrected chi connectivity index (χ1v) is 7.03. The summed E-state index contributed by atoms with van der Waals surface area (Å²) in [6, 6.07) is 2.17. The topological polar surface area (TPSA) is 35.2 Å². The highest BCUT2D eigenvalue weighted by Gasteiger charge is 2.23. The van der Waals surface area contributed by atoms with Crippen molar-refractivity contribution in [3.8, 4) is 5.75 Å². The van der Waals surface area contributed by atoms with Crippen LogP contribution in [0.2, 0.25) is 5.02 Å². The van der Waals surface area contributed by atoms with E-state index in [0.717, 1.165) is 40.8 Å². The van der Waals surface area contributed by atoms with Gasteiger partial charge < -0.3 is 10.5 Å². The Morgan fingerprint density at radius 3 is 2.58 bits per heavy atom. The van der Waals surface area contributed by atoms with Crippen LogP contribution in [0.5, 0.6) is 5.75 Å². The van der Waals surface area contributed by atoms with Crippen molar-refractivity contribution < 1.29 is 4.74 Å². The minimum absolute atomic E-state index is 0. The summed E-state index contributed by atoms with van der Waals surface area (Å²) in [6.45, 7) is 6.91. The van der Waals surface area contributed by atoms with E-state index in [0.29, 0.717) is 0 Å². The Kier molecular flexibility index (Phi) is 5.97. The highest BCUT2D eigenvalue weighted by Crippen LogP contribution is 2.35. The molecular weight excluding hydrogens is 281 g/mol. The molecule has 1 aliphatic carbocycles. The molecule has 1 saturated carbocycles. The Balaban J connectivity index is 0.00000180. The number of benzene rings is 1. The van der Waals surface area contributed by atoms with Crippen molar-refractivity contribution in [3.63, 3.8) is 0 Å². The van der Waals surface area contributed by atoms with E-state index in [4.69, 9.17) is 22.1 Å². The molecule has 108 valence electrons. The standard InChI is InChI=1S/C15H22ClNO.ClH/c1-9-6-14(18-8-12-4-5-12)13(7-10(2)17)11(3)15(9)16;/h6,10,12H,4-5,7-8,17H2,1-3H3;1H. The van der Waals surface area contributed by atoms with Crippen LogP contribution in [0.25, 0.3) is 0 Å². The molecule has 0 spiro atoms. The molecule has 0 amide bonds. The number of halogens is 2. The van der Waals surface area contributed by atoms with E-state index in [1.165, 1.54) is 18.4 Å². The molecule has 1 fully saturated rings. The van der Waals surface area contributed by atoms with Gasteiger partial charge in [-0.15, -0.1) is 12.4 Å². The molecule has 0 bridgehead atoms. The molecule has 1 aliphatic rings. The Bertz CT molecular complexity index is 442. The molecule has 19 heavy (non-hydrogen) atoms. The lowest BCUT2D eigenvalue weighted by Gasteiger charge is -2.18. The fraction of sp³-hybridized carbons (Fsp3) is 0.600. The van der Waals surface area contributed by atoms with Gasteiger partial charge in [0.15, 0.2) is 0 Å². The van der Waals surface area contributed by atoms with Crippen LogP contribution >= 0.6 is 24.0 Å². The number of ether oxygens (including phenoxy) is 1. The number of nitrogens with two attached hydrogens (primary N) is 1. The van der Waals surface area contributed by atoms with E-state index in [1.54, 1.807) is 0 Å². The Morgan fingerprint density at radius 2 is 2.05 bits per heavy atom. The molecule has 2 rings (SSSR count). The lowest BCUT2D eigenvalue weighted by molar-refractivity contribution is 0.296. The van der Waals surface area contributed by atoms with Gasteiger partial charge in [-0.2, -0.15) is 0 Å². The zero-order valence-corrected chi connectivity index (χ0v) is 13.4. The average molecular weight is 304 g/mol. The summed E-state index contributed by atoms with van der Waals surface area (Å²) in [5.74, 6) is 1.73. The average Bonchev–Trinajstić information content (AvgIpc) is 3.11. The van der Waals surface area contributed by atoms with E-state index in [1.807, 2.05) is 13.8 Å². The van der Waals surface area contributed by atoms with Crippen molar-refractivity contribution in [2.24, 2.45) is 11.7 Å². The summed E-state index contributed by atoms with van der Waals surface area (Å²) < 4.78 is 5.96. The molecule has 2 nitrogen and oxygen atoms in total. The monoisotopic (exact) mass is 303 g/mol. The quantitative estimate of drug-likeness (QED) is 0.890. The van der Waals surface area contributed by atoms with Crippen molar-refractivity contribution >= 4 is 24.0 Å². The fourth-order valence-electron chi connectivity index (χ4n) is 2.16. The minimum atomic E-state index is 0. The first-order valence-electron chi connectivity index (χ1n) is 6.66. The van der Waals surface area contributed by atoms with Gasteiger partial charge in [0.05, 0.1) is 6.61 Å². The number of aryl methyl sites for hydroxylation is 1. The highest BCUT2D eigenvalue weighted by molar-refractivity contribution is 6.32. The van der Waals surface area contributed by atoms with Gasteiger partial charge >= 0.3 is 0 Å². The third kappa shape index (κ3) is 4.27.